The number of benzene rings is 2. The van der Waals surface area contributed by atoms with E-state index in [4.69, 9.17) is 0 Å². The van der Waals surface area contributed by atoms with Crippen molar-refractivity contribution in [3.05, 3.63) is 64.7 Å². The largest absolute Gasteiger partial charge is 0.379 e. The molecule has 1 N–H and O–H groups in total. The fourth-order valence-corrected chi connectivity index (χ4v) is 1.60. The van der Waals surface area contributed by atoms with E-state index in [9.17, 15) is 17.6 Å². The van der Waals surface area contributed by atoms with E-state index in [1.807, 2.05) is 0 Å². The van der Waals surface area contributed by atoms with Crippen LogP contribution in [0.15, 0.2) is 30.3 Å². The van der Waals surface area contributed by atoms with Gasteiger partial charge in [-0.25, -0.2) is 17.6 Å². The summed E-state index contributed by atoms with van der Waals surface area (Å²) in [5.74, 6) is -3.65. The van der Waals surface area contributed by atoms with Crippen LogP contribution in [0.3, 0.4) is 0 Å². The smallest absolute Gasteiger partial charge is 0.161 e. The van der Waals surface area contributed by atoms with Crippen LogP contribution in [-0.4, -0.2) is 0 Å². The third-order valence-electron chi connectivity index (χ3n) is 2.73. The van der Waals surface area contributed by atoms with E-state index in [0.29, 0.717) is 17.2 Å². The summed E-state index contributed by atoms with van der Waals surface area (Å²) in [5.41, 5.74) is 0.912. The highest BCUT2D eigenvalue weighted by Crippen LogP contribution is 2.19. The summed E-state index contributed by atoms with van der Waals surface area (Å²) < 4.78 is 52.3. The molecule has 0 fully saturated rings. The molecular formula is C14H11F4N. The molecule has 2 aromatic carbocycles. The minimum atomic E-state index is -1.25. The molecule has 100 valence electrons. The molecule has 0 radical (unpaired) electrons. The highest BCUT2D eigenvalue weighted by molar-refractivity contribution is 5.46. The molecule has 0 aromatic heterocycles. The molecule has 0 heterocycles. The van der Waals surface area contributed by atoms with Gasteiger partial charge in [0.15, 0.2) is 11.6 Å². The van der Waals surface area contributed by atoms with Gasteiger partial charge < -0.3 is 5.32 Å². The maximum atomic E-state index is 13.3. The van der Waals surface area contributed by atoms with E-state index >= 15 is 0 Å². The predicted octanol–water partition coefficient (Wildman–Crippen LogP) is 4.16. The fraction of sp³-hybridized carbons (Fsp3) is 0.143. The zero-order chi connectivity index (χ0) is 14.0. The van der Waals surface area contributed by atoms with E-state index < -0.39 is 17.5 Å². The number of rotatable bonds is 3. The van der Waals surface area contributed by atoms with Crippen LogP contribution in [0, 0.1) is 30.2 Å². The number of aryl methyl sites for hydroxylation is 1. The van der Waals surface area contributed by atoms with Crippen molar-refractivity contribution in [3.8, 4) is 0 Å². The van der Waals surface area contributed by atoms with Crippen LogP contribution in [0.4, 0.5) is 23.2 Å². The van der Waals surface area contributed by atoms with Crippen molar-refractivity contribution in [2.75, 3.05) is 5.32 Å². The maximum absolute atomic E-state index is 13.3. The summed E-state index contributed by atoms with van der Waals surface area (Å²) in [6.45, 7) is 1.74. The van der Waals surface area contributed by atoms with Crippen molar-refractivity contribution in [1.82, 2.24) is 0 Å². The number of halogens is 4. The molecule has 19 heavy (non-hydrogen) atoms. The van der Waals surface area contributed by atoms with Crippen molar-refractivity contribution in [2.24, 2.45) is 0 Å². The molecule has 0 atom stereocenters. The third-order valence-corrected chi connectivity index (χ3v) is 2.73. The van der Waals surface area contributed by atoms with Gasteiger partial charge in [0.05, 0.1) is 5.69 Å². The number of hydrogen-bond donors (Lipinski definition) is 1. The molecule has 0 aliphatic carbocycles. The first-order valence-corrected chi connectivity index (χ1v) is 5.61. The second-order valence-electron chi connectivity index (χ2n) is 4.18. The average molecular weight is 269 g/mol. The quantitative estimate of drug-likeness (QED) is 0.651. The minimum Gasteiger partial charge on any atom is -0.379 e. The Morgan fingerprint density at radius 3 is 2.21 bits per heavy atom. The number of hydrogen-bond acceptors (Lipinski definition) is 1. The fourth-order valence-electron chi connectivity index (χ4n) is 1.60. The first-order valence-electron chi connectivity index (χ1n) is 5.61. The Kier molecular flexibility index (Phi) is 3.74. The van der Waals surface area contributed by atoms with Crippen molar-refractivity contribution in [3.63, 3.8) is 0 Å². The summed E-state index contributed by atoms with van der Waals surface area (Å²) in [6, 6.07) is 5.76. The van der Waals surface area contributed by atoms with Gasteiger partial charge in [-0.2, -0.15) is 0 Å². The highest BCUT2D eigenvalue weighted by Gasteiger charge is 2.09. The maximum Gasteiger partial charge on any atom is 0.161 e. The molecule has 5 heteroatoms. The number of anilines is 1. The molecule has 0 spiro atoms. The number of nitrogens with one attached hydrogen (secondary N) is 1. The first kappa shape index (κ1) is 13.4. The molecule has 2 aromatic rings. The van der Waals surface area contributed by atoms with Crippen molar-refractivity contribution in [2.45, 2.75) is 13.5 Å². The molecule has 0 aliphatic heterocycles. The Morgan fingerprint density at radius 2 is 1.53 bits per heavy atom. The third kappa shape index (κ3) is 3.05. The second kappa shape index (κ2) is 5.30. The average Bonchev–Trinajstić information content (AvgIpc) is 2.36. The normalized spacial score (nSPS) is 10.6. The van der Waals surface area contributed by atoms with Gasteiger partial charge in [0.1, 0.15) is 11.6 Å². The Labute approximate surface area is 107 Å². The summed E-state index contributed by atoms with van der Waals surface area (Å²) in [5, 5.41) is 2.60. The summed E-state index contributed by atoms with van der Waals surface area (Å²) in [6.07, 6.45) is 0. The van der Waals surface area contributed by atoms with Crippen LogP contribution >= 0.6 is 0 Å². The van der Waals surface area contributed by atoms with Crippen LogP contribution in [-0.2, 0) is 6.54 Å². The van der Waals surface area contributed by atoms with Crippen molar-refractivity contribution >= 4 is 5.69 Å². The van der Waals surface area contributed by atoms with Gasteiger partial charge in [-0.05, 0) is 24.1 Å². The molecule has 1 nitrogen and oxygen atoms in total. The second-order valence-corrected chi connectivity index (χ2v) is 4.18. The first-order chi connectivity index (χ1) is 8.97. The molecule has 2 rings (SSSR count). The van der Waals surface area contributed by atoms with Crippen molar-refractivity contribution < 1.29 is 17.6 Å². The van der Waals surface area contributed by atoms with Gasteiger partial charge >= 0.3 is 0 Å². The van der Waals surface area contributed by atoms with Gasteiger partial charge in [-0.1, -0.05) is 12.1 Å². The van der Waals surface area contributed by atoms with Gasteiger partial charge in [-0.3, -0.25) is 0 Å². The lowest BCUT2D eigenvalue weighted by Gasteiger charge is -2.09. The van der Waals surface area contributed by atoms with E-state index in [1.54, 1.807) is 19.1 Å². The lowest BCUT2D eigenvalue weighted by Crippen LogP contribution is -2.03. The SMILES string of the molecule is Cc1ccc(CNc2cc(F)c(F)cc2F)cc1F. The van der Waals surface area contributed by atoms with Crippen LogP contribution in [0.1, 0.15) is 11.1 Å². The molecule has 0 aliphatic rings. The van der Waals surface area contributed by atoms with Crippen LogP contribution in [0.25, 0.3) is 0 Å². The van der Waals surface area contributed by atoms with Crippen LogP contribution in [0.5, 0.6) is 0 Å². The monoisotopic (exact) mass is 269 g/mol. The summed E-state index contributed by atoms with van der Waals surface area (Å²) in [4.78, 5) is 0. The molecule has 0 saturated carbocycles. The van der Waals surface area contributed by atoms with Gasteiger partial charge in [-0.15, -0.1) is 0 Å². The van der Waals surface area contributed by atoms with Crippen molar-refractivity contribution in [1.29, 1.82) is 0 Å². The van der Waals surface area contributed by atoms with E-state index in [1.165, 1.54) is 6.07 Å². The van der Waals surface area contributed by atoms with Gasteiger partial charge in [0.25, 0.3) is 0 Å². The molecular weight excluding hydrogens is 258 g/mol. The zero-order valence-electron chi connectivity index (χ0n) is 10.1. The van der Waals surface area contributed by atoms with Gasteiger partial charge in [0, 0.05) is 18.7 Å². The Morgan fingerprint density at radius 1 is 0.842 bits per heavy atom. The Balaban J connectivity index is 2.14. The summed E-state index contributed by atoms with van der Waals surface area (Å²) in [7, 11) is 0. The van der Waals surface area contributed by atoms with E-state index in [2.05, 4.69) is 5.32 Å². The van der Waals surface area contributed by atoms with Gasteiger partial charge in [0.2, 0.25) is 0 Å². The standard InChI is InChI=1S/C14H11F4N/c1-8-2-3-9(4-10(8)15)7-19-14-6-12(17)11(16)5-13(14)18/h2-6,19H,7H2,1H3. The molecule has 0 saturated heterocycles. The lowest BCUT2D eigenvalue weighted by molar-refractivity contribution is 0.496. The highest BCUT2D eigenvalue weighted by atomic mass is 19.2. The van der Waals surface area contributed by atoms with Crippen LogP contribution in [0.2, 0.25) is 0 Å². The molecule has 0 unspecified atom stereocenters. The van der Waals surface area contributed by atoms with E-state index in [-0.39, 0.29) is 18.0 Å². The Bertz CT molecular complexity index is 611. The lowest BCUT2D eigenvalue weighted by atomic mass is 10.1. The van der Waals surface area contributed by atoms with Crippen LogP contribution < -0.4 is 5.32 Å². The predicted molar refractivity (Wildman–Crippen MR) is 64.8 cm³/mol. The molecule has 0 amide bonds. The topological polar surface area (TPSA) is 12.0 Å². The van der Waals surface area contributed by atoms with E-state index in [0.717, 1.165) is 6.07 Å². The molecule has 0 bridgehead atoms. The summed E-state index contributed by atoms with van der Waals surface area (Å²) >= 11 is 0. The Hall–Kier alpha value is -2.04. The minimum absolute atomic E-state index is 0.110. The zero-order valence-corrected chi connectivity index (χ0v) is 10.1.